The molecule has 1 aromatic carbocycles. The molecule has 0 radical (unpaired) electrons. The zero-order chi connectivity index (χ0) is 13.7. The van der Waals surface area contributed by atoms with Crippen LogP contribution >= 0.6 is 0 Å². The van der Waals surface area contributed by atoms with Gasteiger partial charge in [-0.25, -0.2) is 0 Å². The Hall–Kier alpha value is -0.860. The van der Waals surface area contributed by atoms with E-state index >= 15 is 0 Å². The lowest BCUT2D eigenvalue weighted by molar-refractivity contribution is 0.100. The van der Waals surface area contributed by atoms with Crippen LogP contribution in [0.2, 0.25) is 0 Å². The molecule has 0 amide bonds. The lowest BCUT2D eigenvalue weighted by atomic mass is 9.87. The Balaban J connectivity index is 1.85. The van der Waals surface area contributed by atoms with Gasteiger partial charge in [-0.05, 0) is 56.6 Å². The molecule has 0 bridgehead atoms. The summed E-state index contributed by atoms with van der Waals surface area (Å²) in [6.45, 7) is 5.27. The highest BCUT2D eigenvalue weighted by atomic mass is 16.5. The maximum absolute atomic E-state index is 6.47. The second-order valence-electron chi connectivity index (χ2n) is 6.00. The van der Waals surface area contributed by atoms with Crippen molar-refractivity contribution in [2.45, 2.75) is 64.0 Å². The maximum atomic E-state index is 6.47. The van der Waals surface area contributed by atoms with Gasteiger partial charge in [-0.15, -0.1) is 0 Å². The molecule has 19 heavy (non-hydrogen) atoms. The van der Waals surface area contributed by atoms with Gasteiger partial charge in [-0.1, -0.05) is 31.2 Å². The van der Waals surface area contributed by atoms with Crippen molar-refractivity contribution in [2.24, 2.45) is 5.73 Å². The Kier molecular flexibility index (Phi) is 5.00. The normalized spacial score (nSPS) is 22.4. The van der Waals surface area contributed by atoms with Crippen LogP contribution in [0.25, 0.3) is 0 Å². The summed E-state index contributed by atoms with van der Waals surface area (Å²) in [5.74, 6) is 0. The van der Waals surface area contributed by atoms with E-state index in [-0.39, 0.29) is 5.54 Å². The smallest absolute Gasteiger partial charge is 0.0576 e. The molecule has 2 atom stereocenters. The molecule has 1 aromatic rings. The van der Waals surface area contributed by atoms with Crippen LogP contribution in [0.4, 0.5) is 0 Å². The van der Waals surface area contributed by atoms with Crippen molar-refractivity contribution < 1.29 is 4.74 Å². The molecule has 0 spiro atoms. The molecule has 0 aliphatic carbocycles. The van der Waals surface area contributed by atoms with Crippen LogP contribution in [0.3, 0.4) is 0 Å². The molecule has 1 aliphatic rings. The molecule has 1 heterocycles. The average Bonchev–Trinajstić information content (AvgIpc) is 2.92. The van der Waals surface area contributed by atoms with E-state index in [2.05, 4.69) is 38.1 Å². The summed E-state index contributed by atoms with van der Waals surface area (Å²) in [5, 5.41) is 0. The Labute approximate surface area is 117 Å². The number of rotatable bonds is 6. The third kappa shape index (κ3) is 4.05. The molecule has 1 aliphatic heterocycles. The van der Waals surface area contributed by atoms with Crippen molar-refractivity contribution in [3.63, 3.8) is 0 Å². The van der Waals surface area contributed by atoms with E-state index in [1.165, 1.54) is 24.0 Å². The molecule has 2 N–H and O–H groups in total. The first-order chi connectivity index (χ1) is 9.12. The van der Waals surface area contributed by atoms with Crippen LogP contribution in [0.15, 0.2) is 24.3 Å². The molecule has 1 fully saturated rings. The minimum absolute atomic E-state index is 0.217. The van der Waals surface area contributed by atoms with Crippen LogP contribution in [0.5, 0.6) is 0 Å². The standard InChI is InChI=1S/C17H27NO/c1-3-14-8-10-15(11-9-14)17(2,18)12-4-6-16-7-5-13-19-16/h8-11,16H,3-7,12-13,18H2,1-2H3. The van der Waals surface area contributed by atoms with Crippen LogP contribution in [0.1, 0.15) is 57.1 Å². The van der Waals surface area contributed by atoms with Crippen LogP contribution in [0, 0.1) is 0 Å². The summed E-state index contributed by atoms with van der Waals surface area (Å²) in [7, 11) is 0. The molecule has 0 aromatic heterocycles. The van der Waals surface area contributed by atoms with Gasteiger partial charge in [0.1, 0.15) is 0 Å². The maximum Gasteiger partial charge on any atom is 0.0576 e. The van der Waals surface area contributed by atoms with Crippen molar-refractivity contribution in [2.75, 3.05) is 6.61 Å². The minimum atomic E-state index is -0.217. The Morgan fingerprint density at radius 1 is 1.32 bits per heavy atom. The van der Waals surface area contributed by atoms with E-state index in [1.807, 2.05) is 0 Å². The van der Waals surface area contributed by atoms with Crippen molar-refractivity contribution in [3.8, 4) is 0 Å². The molecule has 106 valence electrons. The molecule has 2 heteroatoms. The first-order valence-electron chi connectivity index (χ1n) is 7.62. The Morgan fingerprint density at radius 3 is 2.63 bits per heavy atom. The Bertz CT molecular complexity index is 377. The SMILES string of the molecule is CCc1ccc(C(C)(N)CCCC2CCCO2)cc1. The number of benzene rings is 1. The van der Waals surface area contributed by atoms with Crippen LogP contribution in [-0.2, 0) is 16.7 Å². The molecular formula is C17H27NO. The van der Waals surface area contributed by atoms with E-state index in [9.17, 15) is 0 Å². The highest BCUT2D eigenvalue weighted by Crippen LogP contribution is 2.26. The second kappa shape index (κ2) is 6.53. The zero-order valence-corrected chi connectivity index (χ0v) is 12.3. The van der Waals surface area contributed by atoms with Crippen molar-refractivity contribution in [3.05, 3.63) is 35.4 Å². The summed E-state index contributed by atoms with van der Waals surface area (Å²) in [6.07, 6.45) is 7.35. The summed E-state index contributed by atoms with van der Waals surface area (Å²) >= 11 is 0. The molecule has 2 nitrogen and oxygen atoms in total. The number of ether oxygens (including phenoxy) is 1. The van der Waals surface area contributed by atoms with Crippen molar-refractivity contribution in [1.82, 2.24) is 0 Å². The molecular weight excluding hydrogens is 234 g/mol. The lowest BCUT2D eigenvalue weighted by Crippen LogP contribution is -2.33. The van der Waals surface area contributed by atoms with E-state index in [1.54, 1.807) is 0 Å². The van der Waals surface area contributed by atoms with Crippen LogP contribution in [-0.4, -0.2) is 12.7 Å². The predicted octanol–water partition coefficient (Wildman–Crippen LogP) is 3.77. The quantitative estimate of drug-likeness (QED) is 0.846. The van der Waals surface area contributed by atoms with Gasteiger partial charge >= 0.3 is 0 Å². The number of nitrogens with two attached hydrogens (primary N) is 1. The second-order valence-corrected chi connectivity index (χ2v) is 6.00. The van der Waals surface area contributed by atoms with Crippen LogP contribution < -0.4 is 5.73 Å². The fourth-order valence-corrected chi connectivity index (χ4v) is 2.83. The zero-order valence-electron chi connectivity index (χ0n) is 12.3. The fourth-order valence-electron chi connectivity index (χ4n) is 2.83. The van der Waals surface area contributed by atoms with Gasteiger partial charge in [0.05, 0.1) is 6.10 Å². The number of aryl methyl sites for hydroxylation is 1. The Morgan fingerprint density at radius 2 is 2.05 bits per heavy atom. The summed E-state index contributed by atoms with van der Waals surface area (Å²) in [6, 6.07) is 8.76. The van der Waals surface area contributed by atoms with E-state index in [0.29, 0.717) is 6.10 Å². The van der Waals surface area contributed by atoms with E-state index < -0.39 is 0 Å². The van der Waals surface area contributed by atoms with Gasteiger partial charge in [-0.2, -0.15) is 0 Å². The lowest BCUT2D eigenvalue weighted by Gasteiger charge is -2.26. The monoisotopic (exact) mass is 261 g/mol. The third-order valence-electron chi connectivity index (χ3n) is 4.27. The largest absolute Gasteiger partial charge is 0.378 e. The van der Waals surface area contributed by atoms with Crippen molar-refractivity contribution in [1.29, 1.82) is 0 Å². The average molecular weight is 261 g/mol. The number of hydrogen-bond donors (Lipinski definition) is 1. The first kappa shape index (κ1) is 14.5. The first-order valence-corrected chi connectivity index (χ1v) is 7.62. The molecule has 0 saturated carbocycles. The molecule has 2 rings (SSSR count). The van der Waals surface area contributed by atoms with E-state index in [4.69, 9.17) is 10.5 Å². The van der Waals surface area contributed by atoms with Gasteiger partial charge in [0.25, 0.3) is 0 Å². The highest BCUT2D eigenvalue weighted by Gasteiger charge is 2.22. The predicted molar refractivity (Wildman–Crippen MR) is 80.2 cm³/mol. The van der Waals surface area contributed by atoms with Gasteiger partial charge in [0.15, 0.2) is 0 Å². The fraction of sp³-hybridized carbons (Fsp3) is 0.647. The minimum Gasteiger partial charge on any atom is -0.378 e. The molecule has 1 saturated heterocycles. The highest BCUT2D eigenvalue weighted by molar-refractivity contribution is 5.27. The van der Waals surface area contributed by atoms with Gasteiger partial charge in [0, 0.05) is 12.1 Å². The van der Waals surface area contributed by atoms with Crippen molar-refractivity contribution >= 4 is 0 Å². The van der Waals surface area contributed by atoms with Gasteiger partial charge < -0.3 is 10.5 Å². The van der Waals surface area contributed by atoms with Gasteiger partial charge in [0.2, 0.25) is 0 Å². The van der Waals surface area contributed by atoms with E-state index in [0.717, 1.165) is 32.3 Å². The number of hydrogen-bond acceptors (Lipinski definition) is 2. The summed E-state index contributed by atoms with van der Waals surface area (Å²) < 4.78 is 5.66. The summed E-state index contributed by atoms with van der Waals surface area (Å²) in [4.78, 5) is 0. The third-order valence-corrected chi connectivity index (χ3v) is 4.27. The topological polar surface area (TPSA) is 35.2 Å². The summed E-state index contributed by atoms with van der Waals surface area (Å²) in [5.41, 5.74) is 8.88. The van der Waals surface area contributed by atoms with Gasteiger partial charge in [-0.3, -0.25) is 0 Å². The molecule has 2 unspecified atom stereocenters.